The third-order valence-corrected chi connectivity index (χ3v) is 5.11. The van der Waals surface area contributed by atoms with Gasteiger partial charge in [0.2, 0.25) is 10.0 Å². The van der Waals surface area contributed by atoms with E-state index in [2.05, 4.69) is 4.72 Å². The van der Waals surface area contributed by atoms with Gasteiger partial charge in [0.15, 0.2) is 0 Å². The quantitative estimate of drug-likeness (QED) is 0.595. The Morgan fingerprint density at radius 1 is 0.792 bits per heavy atom. The Morgan fingerprint density at radius 2 is 1.50 bits per heavy atom. The zero-order valence-electron chi connectivity index (χ0n) is 12.8. The summed E-state index contributed by atoms with van der Waals surface area (Å²) in [4.78, 5) is 0. The first-order valence-corrected chi connectivity index (χ1v) is 9.22. The van der Waals surface area contributed by atoms with Crippen LogP contribution in [0.15, 0.2) is 77.2 Å². The van der Waals surface area contributed by atoms with Gasteiger partial charge in [0, 0.05) is 16.8 Å². The number of rotatable bonds is 4. The van der Waals surface area contributed by atoms with Crippen molar-refractivity contribution in [3.8, 4) is 0 Å². The third-order valence-electron chi connectivity index (χ3n) is 3.85. The Labute approximate surface area is 139 Å². The topological polar surface area (TPSA) is 59.3 Å². The lowest BCUT2D eigenvalue weighted by Crippen LogP contribution is -2.14. The average molecular weight is 337 g/mol. The van der Waals surface area contributed by atoms with E-state index in [0.717, 1.165) is 21.9 Å². The highest BCUT2D eigenvalue weighted by Gasteiger charge is 2.13. The number of anilines is 1. The van der Waals surface area contributed by atoms with E-state index in [-0.39, 0.29) is 5.75 Å². The summed E-state index contributed by atoms with van der Waals surface area (Å²) < 4.78 is 33.1. The molecule has 4 rings (SSSR count). The smallest absolute Gasteiger partial charge is 0.236 e. The van der Waals surface area contributed by atoms with Gasteiger partial charge in [0.25, 0.3) is 0 Å². The molecule has 0 aliphatic carbocycles. The standard InChI is InChI=1S/C19H15NO3S/c21-24(22,13-14-6-2-1-3-7-14)20-15-10-11-17-16-8-4-5-9-18(16)23-19(17)12-15/h1-12,20H,13H2. The van der Waals surface area contributed by atoms with Crippen LogP contribution in [0.3, 0.4) is 0 Å². The zero-order chi connectivity index (χ0) is 16.6. The first-order chi connectivity index (χ1) is 11.6. The fourth-order valence-corrected chi connectivity index (χ4v) is 3.99. The molecule has 0 aliphatic heterocycles. The van der Waals surface area contributed by atoms with Gasteiger partial charge in [-0.25, -0.2) is 8.42 Å². The maximum absolute atomic E-state index is 12.3. The predicted octanol–water partition coefficient (Wildman–Crippen LogP) is 4.53. The minimum atomic E-state index is -3.48. The first kappa shape index (κ1) is 14.8. The van der Waals surface area contributed by atoms with Crippen molar-refractivity contribution in [1.29, 1.82) is 0 Å². The minimum Gasteiger partial charge on any atom is -0.456 e. The van der Waals surface area contributed by atoms with Gasteiger partial charge in [-0.05, 0) is 23.8 Å². The SMILES string of the molecule is O=S(=O)(Cc1ccccc1)Nc1ccc2c(c1)oc1ccccc12. The highest BCUT2D eigenvalue weighted by Crippen LogP contribution is 2.30. The van der Waals surface area contributed by atoms with E-state index in [1.54, 1.807) is 24.3 Å². The van der Waals surface area contributed by atoms with E-state index in [1.165, 1.54) is 0 Å². The summed E-state index contributed by atoms with van der Waals surface area (Å²) in [7, 11) is -3.48. The lowest BCUT2D eigenvalue weighted by Gasteiger charge is -2.08. The number of fused-ring (bicyclic) bond motifs is 3. The van der Waals surface area contributed by atoms with Crippen LogP contribution < -0.4 is 4.72 Å². The Hall–Kier alpha value is -2.79. The van der Waals surface area contributed by atoms with E-state index in [0.29, 0.717) is 11.3 Å². The number of benzene rings is 3. The highest BCUT2D eigenvalue weighted by molar-refractivity contribution is 7.91. The molecular weight excluding hydrogens is 322 g/mol. The van der Waals surface area contributed by atoms with Gasteiger partial charge in [-0.15, -0.1) is 0 Å². The lowest BCUT2D eigenvalue weighted by molar-refractivity contribution is 0.600. The molecule has 0 spiro atoms. The summed E-state index contributed by atoms with van der Waals surface area (Å²) in [6.45, 7) is 0. The van der Waals surface area contributed by atoms with Crippen molar-refractivity contribution >= 4 is 37.6 Å². The van der Waals surface area contributed by atoms with Gasteiger partial charge in [0.1, 0.15) is 11.2 Å². The molecule has 1 N–H and O–H groups in total. The summed E-state index contributed by atoms with van der Waals surface area (Å²) in [6.07, 6.45) is 0. The monoisotopic (exact) mass is 337 g/mol. The van der Waals surface area contributed by atoms with E-state index < -0.39 is 10.0 Å². The molecular formula is C19H15NO3S. The third kappa shape index (κ3) is 2.86. The second-order valence-corrected chi connectivity index (χ2v) is 7.38. The molecule has 0 bridgehead atoms. The number of hydrogen-bond donors (Lipinski definition) is 1. The summed E-state index contributed by atoms with van der Waals surface area (Å²) in [5, 5.41) is 1.99. The van der Waals surface area contributed by atoms with Crippen LogP contribution >= 0.6 is 0 Å². The fraction of sp³-hybridized carbons (Fsp3) is 0.0526. The van der Waals surface area contributed by atoms with Crippen molar-refractivity contribution in [2.24, 2.45) is 0 Å². The van der Waals surface area contributed by atoms with Crippen LogP contribution in [0.2, 0.25) is 0 Å². The van der Waals surface area contributed by atoms with Crippen molar-refractivity contribution in [2.75, 3.05) is 4.72 Å². The van der Waals surface area contributed by atoms with Gasteiger partial charge in [-0.1, -0.05) is 48.5 Å². The van der Waals surface area contributed by atoms with Crippen LogP contribution in [0, 0.1) is 0 Å². The molecule has 3 aromatic carbocycles. The summed E-state index contributed by atoms with van der Waals surface area (Å²) in [6, 6.07) is 22.2. The Kier molecular flexibility index (Phi) is 3.50. The molecule has 0 saturated heterocycles. The van der Waals surface area contributed by atoms with Crippen LogP contribution in [0.4, 0.5) is 5.69 Å². The second-order valence-electron chi connectivity index (χ2n) is 5.66. The molecule has 1 aromatic heterocycles. The van der Waals surface area contributed by atoms with Crippen molar-refractivity contribution in [2.45, 2.75) is 5.75 Å². The van der Waals surface area contributed by atoms with Crippen molar-refractivity contribution < 1.29 is 12.8 Å². The normalized spacial score (nSPS) is 11.8. The molecule has 0 radical (unpaired) electrons. The number of para-hydroxylation sites is 1. The van der Waals surface area contributed by atoms with Gasteiger partial charge >= 0.3 is 0 Å². The number of nitrogens with one attached hydrogen (secondary N) is 1. The molecule has 0 unspecified atom stereocenters. The van der Waals surface area contributed by atoms with Crippen LogP contribution in [0.1, 0.15) is 5.56 Å². The highest BCUT2D eigenvalue weighted by atomic mass is 32.2. The van der Waals surface area contributed by atoms with Crippen LogP contribution in [-0.2, 0) is 15.8 Å². The summed E-state index contributed by atoms with van der Waals surface area (Å²) >= 11 is 0. The molecule has 0 aliphatic rings. The minimum absolute atomic E-state index is 0.0635. The van der Waals surface area contributed by atoms with Crippen molar-refractivity contribution in [1.82, 2.24) is 0 Å². The lowest BCUT2D eigenvalue weighted by atomic mass is 10.1. The molecule has 0 fully saturated rings. The van der Waals surface area contributed by atoms with Crippen molar-refractivity contribution in [3.63, 3.8) is 0 Å². The molecule has 0 amide bonds. The van der Waals surface area contributed by atoms with Gasteiger partial charge in [-0.3, -0.25) is 4.72 Å². The van der Waals surface area contributed by atoms with Gasteiger partial charge < -0.3 is 4.42 Å². The van der Waals surface area contributed by atoms with E-state index in [9.17, 15) is 8.42 Å². The van der Waals surface area contributed by atoms with E-state index >= 15 is 0 Å². The Balaban J connectivity index is 1.65. The second kappa shape index (κ2) is 5.69. The summed E-state index contributed by atoms with van der Waals surface area (Å²) in [5.41, 5.74) is 2.69. The number of furan rings is 1. The molecule has 4 nitrogen and oxygen atoms in total. The van der Waals surface area contributed by atoms with Crippen molar-refractivity contribution in [3.05, 3.63) is 78.4 Å². The van der Waals surface area contributed by atoms with Crippen LogP contribution in [-0.4, -0.2) is 8.42 Å². The summed E-state index contributed by atoms with van der Waals surface area (Å²) in [5.74, 6) is -0.0635. The first-order valence-electron chi connectivity index (χ1n) is 7.56. The number of hydrogen-bond acceptors (Lipinski definition) is 3. The van der Waals surface area contributed by atoms with E-state index in [4.69, 9.17) is 4.42 Å². The Bertz CT molecular complexity index is 1120. The van der Waals surface area contributed by atoms with Gasteiger partial charge in [0.05, 0.1) is 11.4 Å². The molecule has 0 atom stereocenters. The fourth-order valence-electron chi connectivity index (χ4n) is 2.80. The average Bonchev–Trinajstić information content (AvgIpc) is 2.92. The molecule has 4 aromatic rings. The van der Waals surface area contributed by atoms with Gasteiger partial charge in [-0.2, -0.15) is 0 Å². The maximum atomic E-state index is 12.3. The zero-order valence-corrected chi connectivity index (χ0v) is 13.6. The molecule has 120 valence electrons. The van der Waals surface area contributed by atoms with Crippen LogP contribution in [0.25, 0.3) is 21.9 Å². The van der Waals surface area contributed by atoms with E-state index in [1.807, 2.05) is 48.5 Å². The molecule has 24 heavy (non-hydrogen) atoms. The largest absolute Gasteiger partial charge is 0.456 e. The number of sulfonamides is 1. The molecule has 0 saturated carbocycles. The predicted molar refractivity (Wildman–Crippen MR) is 96.4 cm³/mol. The Morgan fingerprint density at radius 3 is 2.33 bits per heavy atom. The molecule has 5 heteroatoms. The van der Waals surface area contributed by atoms with Crippen LogP contribution in [0.5, 0.6) is 0 Å². The molecule has 1 heterocycles. The maximum Gasteiger partial charge on any atom is 0.236 e.